The van der Waals surface area contributed by atoms with E-state index in [2.05, 4.69) is 12.2 Å². The Morgan fingerprint density at radius 2 is 1.93 bits per heavy atom. The largest absolute Gasteiger partial charge is 0.480 e. The van der Waals surface area contributed by atoms with Gasteiger partial charge in [0.15, 0.2) is 0 Å². The maximum atomic E-state index is 11.2. The molecule has 2 N–H and O–H groups in total. The van der Waals surface area contributed by atoms with E-state index in [0.717, 1.165) is 12.8 Å². The molecule has 3 heteroatoms. The SMILES string of the molecule is CCCC(C)NC(C)(CC(C)C)C(=O)O. The predicted molar refractivity (Wildman–Crippen MR) is 63.0 cm³/mol. The van der Waals surface area contributed by atoms with Gasteiger partial charge in [0, 0.05) is 6.04 Å². The summed E-state index contributed by atoms with van der Waals surface area (Å²) in [7, 11) is 0. The van der Waals surface area contributed by atoms with Gasteiger partial charge in [-0.3, -0.25) is 10.1 Å². The number of carboxylic acid groups (broad SMARTS) is 1. The van der Waals surface area contributed by atoms with E-state index in [1.807, 2.05) is 20.8 Å². The van der Waals surface area contributed by atoms with Gasteiger partial charge >= 0.3 is 5.97 Å². The first kappa shape index (κ1) is 14.4. The van der Waals surface area contributed by atoms with Crippen molar-refractivity contribution in [3.8, 4) is 0 Å². The molecule has 0 rings (SSSR count). The summed E-state index contributed by atoms with van der Waals surface area (Å²) >= 11 is 0. The number of carboxylic acids is 1. The summed E-state index contributed by atoms with van der Waals surface area (Å²) in [5.74, 6) is -0.369. The average Bonchev–Trinajstić information content (AvgIpc) is 2.01. The third-order valence-corrected chi connectivity index (χ3v) is 2.58. The highest BCUT2D eigenvalue weighted by atomic mass is 16.4. The van der Waals surface area contributed by atoms with Gasteiger partial charge in [-0.15, -0.1) is 0 Å². The molecule has 3 nitrogen and oxygen atoms in total. The third-order valence-electron chi connectivity index (χ3n) is 2.58. The Morgan fingerprint density at radius 1 is 1.40 bits per heavy atom. The van der Waals surface area contributed by atoms with Crippen LogP contribution in [0.4, 0.5) is 0 Å². The van der Waals surface area contributed by atoms with E-state index >= 15 is 0 Å². The molecule has 0 saturated carbocycles. The number of hydrogen-bond acceptors (Lipinski definition) is 2. The van der Waals surface area contributed by atoms with Crippen molar-refractivity contribution in [2.24, 2.45) is 5.92 Å². The van der Waals surface area contributed by atoms with Crippen LogP contribution in [0.25, 0.3) is 0 Å². The molecule has 0 aliphatic carbocycles. The van der Waals surface area contributed by atoms with E-state index < -0.39 is 11.5 Å². The second kappa shape index (κ2) is 6.11. The van der Waals surface area contributed by atoms with Crippen LogP contribution in [0.3, 0.4) is 0 Å². The van der Waals surface area contributed by atoms with Crippen LogP contribution < -0.4 is 5.32 Å². The van der Waals surface area contributed by atoms with Crippen LogP contribution in [0.5, 0.6) is 0 Å². The quantitative estimate of drug-likeness (QED) is 0.686. The van der Waals surface area contributed by atoms with Crippen LogP contribution in [0.2, 0.25) is 0 Å². The zero-order chi connectivity index (χ0) is 12.1. The molecule has 0 aliphatic heterocycles. The van der Waals surface area contributed by atoms with Gasteiger partial charge in [-0.1, -0.05) is 27.2 Å². The fraction of sp³-hybridized carbons (Fsp3) is 0.917. The Balaban J connectivity index is 4.44. The van der Waals surface area contributed by atoms with Crippen LogP contribution in [-0.2, 0) is 4.79 Å². The standard InChI is InChI=1S/C12H25NO2/c1-6-7-10(4)13-12(5,11(14)15)8-9(2)3/h9-10,13H,6-8H2,1-5H3,(H,14,15). The Hall–Kier alpha value is -0.570. The van der Waals surface area contributed by atoms with Crippen LogP contribution in [0.15, 0.2) is 0 Å². The Bertz CT molecular complexity index is 204. The van der Waals surface area contributed by atoms with E-state index in [1.54, 1.807) is 6.92 Å². The summed E-state index contributed by atoms with van der Waals surface area (Å²) in [5.41, 5.74) is -0.789. The van der Waals surface area contributed by atoms with Crippen molar-refractivity contribution in [2.75, 3.05) is 0 Å². The smallest absolute Gasteiger partial charge is 0.323 e. The van der Waals surface area contributed by atoms with Crippen molar-refractivity contribution in [3.63, 3.8) is 0 Å². The van der Waals surface area contributed by atoms with Gasteiger partial charge in [0.1, 0.15) is 5.54 Å². The molecule has 0 aromatic carbocycles. The van der Waals surface area contributed by atoms with E-state index in [9.17, 15) is 9.90 Å². The van der Waals surface area contributed by atoms with Gasteiger partial charge in [0.05, 0.1) is 0 Å². The molecule has 2 atom stereocenters. The summed E-state index contributed by atoms with van der Waals surface area (Å²) in [6.07, 6.45) is 2.75. The number of aliphatic carboxylic acids is 1. The summed E-state index contributed by atoms with van der Waals surface area (Å²) in [6.45, 7) is 10.0. The van der Waals surface area contributed by atoms with Crippen molar-refractivity contribution in [2.45, 2.75) is 65.5 Å². The molecule has 0 amide bonds. The monoisotopic (exact) mass is 215 g/mol. The van der Waals surface area contributed by atoms with Gasteiger partial charge in [0.2, 0.25) is 0 Å². The predicted octanol–water partition coefficient (Wildman–Crippen LogP) is 2.65. The van der Waals surface area contributed by atoms with Gasteiger partial charge in [-0.2, -0.15) is 0 Å². The van der Waals surface area contributed by atoms with Crippen LogP contribution in [-0.4, -0.2) is 22.7 Å². The maximum absolute atomic E-state index is 11.2. The van der Waals surface area contributed by atoms with Crippen molar-refractivity contribution in [3.05, 3.63) is 0 Å². The summed E-state index contributed by atoms with van der Waals surface area (Å²) in [5, 5.41) is 12.5. The highest BCUT2D eigenvalue weighted by molar-refractivity contribution is 5.78. The molecule has 0 fully saturated rings. The minimum atomic E-state index is -0.789. The normalized spacial score (nSPS) is 17.5. The number of carbonyl (C=O) groups is 1. The summed E-state index contributed by atoms with van der Waals surface area (Å²) < 4.78 is 0. The fourth-order valence-corrected chi connectivity index (χ4v) is 2.07. The lowest BCUT2D eigenvalue weighted by Crippen LogP contribution is -2.53. The molecule has 90 valence electrons. The summed E-state index contributed by atoms with van der Waals surface area (Å²) in [6, 6.07) is 0.259. The Labute approximate surface area is 93.3 Å². The Morgan fingerprint density at radius 3 is 2.27 bits per heavy atom. The fourth-order valence-electron chi connectivity index (χ4n) is 2.07. The Kier molecular flexibility index (Phi) is 5.88. The number of hydrogen-bond donors (Lipinski definition) is 2. The number of nitrogens with one attached hydrogen (secondary N) is 1. The second-order valence-corrected chi connectivity index (χ2v) is 5.07. The lowest BCUT2D eigenvalue weighted by atomic mass is 9.89. The summed E-state index contributed by atoms with van der Waals surface area (Å²) in [4.78, 5) is 11.2. The van der Waals surface area contributed by atoms with E-state index in [4.69, 9.17) is 0 Å². The zero-order valence-corrected chi connectivity index (χ0v) is 10.6. The molecule has 0 aliphatic rings. The molecule has 0 saturated heterocycles. The first-order valence-electron chi connectivity index (χ1n) is 5.83. The minimum Gasteiger partial charge on any atom is -0.480 e. The first-order chi connectivity index (χ1) is 6.81. The first-order valence-corrected chi connectivity index (χ1v) is 5.83. The lowest BCUT2D eigenvalue weighted by molar-refractivity contribution is -0.145. The molecular formula is C12H25NO2. The molecule has 15 heavy (non-hydrogen) atoms. The highest BCUT2D eigenvalue weighted by Crippen LogP contribution is 2.18. The van der Waals surface area contributed by atoms with E-state index in [0.29, 0.717) is 12.3 Å². The van der Waals surface area contributed by atoms with Crippen molar-refractivity contribution >= 4 is 5.97 Å². The van der Waals surface area contributed by atoms with Gasteiger partial charge in [-0.25, -0.2) is 0 Å². The molecule has 0 bridgehead atoms. The lowest BCUT2D eigenvalue weighted by Gasteiger charge is -2.31. The van der Waals surface area contributed by atoms with Crippen molar-refractivity contribution in [1.29, 1.82) is 0 Å². The third kappa shape index (κ3) is 5.17. The van der Waals surface area contributed by atoms with Crippen molar-refractivity contribution < 1.29 is 9.90 Å². The average molecular weight is 215 g/mol. The molecular weight excluding hydrogens is 190 g/mol. The number of rotatable bonds is 7. The van der Waals surface area contributed by atoms with Gasteiger partial charge < -0.3 is 5.11 Å². The molecule has 0 spiro atoms. The molecule has 0 aromatic heterocycles. The van der Waals surface area contributed by atoms with Crippen LogP contribution in [0.1, 0.15) is 53.9 Å². The molecule has 0 radical (unpaired) electrons. The van der Waals surface area contributed by atoms with Gasteiger partial charge in [-0.05, 0) is 32.6 Å². The second-order valence-electron chi connectivity index (χ2n) is 5.07. The van der Waals surface area contributed by atoms with Gasteiger partial charge in [0.25, 0.3) is 0 Å². The molecule has 2 unspecified atom stereocenters. The van der Waals surface area contributed by atoms with E-state index in [1.165, 1.54) is 0 Å². The highest BCUT2D eigenvalue weighted by Gasteiger charge is 2.34. The van der Waals surface area contributed by atoms with Crippen molar-refractivity contribution in [1.82, 2.24) is 5.32 Å². The van der Waals surface area contributed by atoms with E-state index in [-0.39, 0.29) is 6.04 Å². The molecule has 0 aromatic rings. The topological polar surface area (TPSA) is 49.3 Å². The zero-order valence-electron chi connectivity index (χ0n) is 10.6. The van der Waals surface area contributed by atoms with Crippen LogP contribution in [0, 0.1) is 5.92 Å². The minimum absolute atomic E-state index is 0.259. The molecule has 0 heterocycles. The maximum Gasteiger partial charge on any atom is 0.323 e. The van der Waals surface area contributed by atoms with Crippen LogP contribution >= 0.6 is 0 Å².